The van der Waals surface area contributed by atoms with Crippen molar-refractivity contribution in [2.45, 2.75) is 64.7 Å². The summed E-state index contributed by atoms with van der Waals surface area (Å²) in [5.41, 5.74) is 0.0971. The second kappa shape index (κ2) is 6.72. The van der Waals surface area contributed by atoms with Crippen LogP contribution in [-0.2, 0) is 4.74 Å². The molecule has 0 bridgehead atoms. The average molecular weight is 242 g/mol. The molecule has 1 saturated heterocycles. The molecule has 0 saturated carbocycles. The van der Waals surface area contributed by atoms with E-state index in [1.807, 2.05) is 0 Å². The molecule has 2 unspecified atom stereocenters. The Morgan fingerprint density at radius 2 is 2.18 bits per heavy atom. The standard InChI is InChI=1S/C14H30N2O/c1-6-12(2)16(5)10-9-15-11-13-7-8-14(3,4)17-13/h12-13,15H,6-11H2,1-5H3. The minimum atomic E-state index is 0.0971. The third-order valence-corrected chi connectivity index (χ3v) is 3.91. The van der Waals surface area contributed by atoms with Gasteiger partial charge in [-0.3, -0.25) is 0 Å². The SMILES string of the molecule is CCC(C)N(C)CCNCC1CCC(C)(C)O1. The molecule has 0 aromatic heterocycles. The number of likely N-dealkylation sites (N-methyl/N-ethyl adjacent to an activating group) is 1. The summed E-state index contributed by atoms with van der Waals surface area (Å²) in [5.74, 6) is 0. The van der Waals surface area contributed by atoms with Crippen molar-refractivity contribution >= 4 is 0 Å². The van der Waals surface area contributed by atoms with Gasteiger partial charge in [0.2, 0.25) is 0 Å². The Bertz CT molecular complexity index is 218. The molecule has 3 heteroatoms. The summed E-state index contributed by atoms with van der Waals surface area (Å²) in [5, 5.41) is 3.51. The molecule has 0 spiro atoms. The predicted octanol–water partition coefficient (Wildman–Crippen LogP) is 2.26. The molecule has 1 N–H and O–H groups in total. The van der Waals surface area contributed by atoms with Gasteiger partial charge in [0.25, 0.3) is 0 Å². The minimum absolute atomic E-state index is 0.0971. The van der Waals surface area contributed by atoms with Crippen molar-refractivity contribution in [3.63, 3.8) is 0 Å². The molecule has 0 aromatic carbocycles. The molecule has 1 rings (SSSR count). The van der Waals surface area contributed by atoms with Crippen molar-refractivity contribution in [2.75, 3.05) is 26.7 Å². The lowest BCUT2D eigenvalue weighted by atomic mass is 10.1. The zero-order chi connectivity index (χ0) is 12.9. The Hall–Kier alpha value is -0.120. The first-order valence-electron chi connectivity index (χ1n) is 7.03. The van der Waals surface area contributed by atoms with Crippen LogP contribution in [0.4, 0.5) is 0 Å². The van der Waals surface area contributed by atoms with Gasteiger partial charge in [-0.2, -0.15) is 0 Å². The highest BCUT2D eigenvalue weighted by Gasteiger charge is 2.30. The van der Waals surface area contributed by atoms with E-state index < -0.39 is 0 Å². The number of ether oxygens (including phenoxy) is 1. The van der Waals surface area contributed by atoms with Gasteiger partial charge in [0.05, 0.1) is 11.7 Å². The summed E-state index contributed by atoms with van der Waals surface area (Å²) >= 11 is 0. The van der Waals surface area contributed by atoms with Crippen molar-refractivity contribution in [1.29, 1.82) is 0 Å². The molecule has 0 amide bonds. The molecule has 102 valence electrons. The Morgan fingerprint density at radius 3 is 2.71 bits per heavy atom. The highest BCUT2D eigenvalue weighted by atomic mass is 16.5. The van der Waals surface area contributed by atoms with E-state index >= 15 is 0 Å². The highest BCUT2D eigenvalue weighted by Crippen LogP contribution is 2.28. The molecule has 0 aliphatic carbocycles. The Morgan fingerprint density at radius 1 is 1.47 bits per heavy atom. The van der Waals surface area contributed by atoms with Crippen LogP contribution in [0.1, 0.15) is 47.0 Å². The average Bonchev–Trinajstić information content (AvgIpc) is 2.63. The van der Waals surface area contributed by atoms with E-state index in [4.69, 9.17) is 4.74 Å². The smallest absolute Gasteiger partial charge is 0.0707 e. The van der Waals surface area contributed by atoms with E-state index in [1.165, 1.54) is 19.3 Å². The number of hydrogen-bond acceptors (Lipinski definition) is 3. The highest BCUT2D eigenvalue weighted by molar-refractivity contribution is 4.81. The predicted molar refractivity (Wildman–Crippen MR) is 73.4 cm³/mol. The van der Waals surface area contributed by atoms with Gasteiger partial charge in [-0.25, -0.2) is 0 Å². The third kappa shape index (κ3) is 5.36. The summed E-state index contributed by atoms with van der Waals surface area (Å²) in [4.78, 5) is 2.41. The summed E-state index contributed by atoms with van der Waals surface area (Å²) in [6.45, 7) is 12.1. The van der Waals surface area contributed by atoms with Gasteiger partial charge >= 0.3 is 0 Å². The second-order valence-electron chi connectivity index (χ2n) is 5.98. The number of nitrogens with one attached hydrogen (secondary N) is 1. The van der Waals surface area contributed by atoms with E-state index in [2.05, 4.69) is 45.0 Å². The van der Waals surface area contributed by atoms with Crippen molar-refractivity contribution in [2.24, 2.45) is 0 Å². The van der Waals surface area contributed by atoms with E-state index in [1.54, 1.807) is 0 Å². The van der Waals surface area contributed by atoms with E-state index in [0.29, 0.717) is 12.1 Å². The molecule has 3 nitrogen and oxygen atoms in total. The normalized spacial score (nSPS) is 25.4. The van der Waals surface area contributed by atoms with Crippen molar-refractivity contribution < 1.29 is 4.74 Å². The molecule has 1 aliphatic heterocycles. The first-order valence-corrected chi connectivity index (χ1v) is 7.03. The van der Waals surface area contributed by atoms with E-state index in [-0.39, 0.29) is 5.60 Å². The minimum Gasteiger partial charge on any atom is -0.371 e. The van der Waals surface area contributed by atoms with Crippen LogP contribution in [0.5, 0.6) is 0 Å². The fraction of sp³-hybridized carbons (Fsp3) is 1.00. The van der Waals surface area contributed by atoms with Crippen molar-refractivity contribution in [3.8, 4) is 0 Å². The van der Waals surface area contributed by atoms with Crippen LogP contribution in [0, 0.1) is 0 Å². The number of hydrogen-bond donors (Lipinski definition) is 1. The fourth-order valence-electron chi connectivity index (χ4n) is 2.27. The molecular weight excluding hydrogens is 212 g/mol. The van der Waals surface area contributed by atoms with Crippen molar-refractivity contribution in [1.82, 2.24) is 10.2 Å². The molecule has 1 heterocycles. The Balaban J connectivity index is 2.05. The van der Waals surface area contributed by atoms with Gasteiger partial charge in [-0.05, 0) is 47.1 Å². The summed E-state index contributed by atoms with van der Waals surface area (Å²) in [6.07, 6.45) is 4.02. The molecule has 1 fully saturated rings. The van der Waals surface area contributed by atoms with Crippen molar-refractivity contribution in [3.05, 3.63) is 0 Å². The van der Waals surface area contributed by atoms with Crippen LogP contribution in [0.3, 0.4) is 0 Å². The van der Waals surface area contributed by atoms with Crippen LogP contribution in [0.15, 0.2) is 0 Å². The van der Waals surface area contributed by atoms with Crippen LogP contribution in [-0.4, -0.2) is 49.3 Å². The van der Waals surface area contributed by atoms with E-state index in [0.717, 1.165) is 19.6 Å². The Kier molecular flexibility index (Phi) is 5.90. The molecular formula is C14H30N2O. The van der Waals surface area contributed by atoms with Crippen LogP contribution < -0.4 is 5.32 Å². The maximum absolute atomic E-state index is 5.95. The van der Waals surface area contributed by atoms with Gasteiger partial charge in [0.15, 0.2) is 0 Å². The number of rotatable bonds is 7. The van der Waals surface area contributed by atoms with Gasteiger partial charge < -0.3 is 15.0 Å². The van der Waals surface area contributed by atoms with Crippen LogP contribution in [0.2, 0.25) is 0 Å². The largest absolute Gasteiger partial charge is 0.371 e. The van der Waals surface area contributed by atoms with Gasteiger partial charge in [-0.1, -0.05) is 6.92 Å². The second-order valence-corrected chi connectivity index (χ2v) is 5.98. The lowest BCUT2D eigenvalue weighted by Crippen LogP contribution is -2.37. The monoisotopic (exact) mass is 242 g/mol. The van der Waals surface area contributed by atoms with Crippen LogP contribution >= 0.6 is 0 Å². The maximum Gasteiger partial charge on any atom is 0.0707 e. The lowest BCUT2D eigenvalue weighted by molar-refractivity contribution is -0.0142. The molecule has 17 heavy (non-hydrogen) atoms. The number of nitrogens with zero attached hydrogens (tertiary/aromatic N) is 1. The van der Waals surface area contributed by atoms with E-state index in [9.17, 15) is 0 Å². The molecule has 0 radical (unpaired) electrons. The van der Waals surface area contributed by atoms with Gasteiger partial charge in [-0.15, -0.1) is 0 Å². The summed E-state index contributed by atoms with van der Waals surface area (Å²) in [7, 11) is 2.20. The molecule has 2 atom stereocenters. The molecule has 1 aliphatic rings. The summed E-state index contributed by atoms with van der Waals surface area (Å²) < 4.78 is 5.95. The lowest BCUT2D eigenvalue weighted by Gasteiger charge is -2.24. The first-order chi connectivity index (χ1) is 7.94. The fourth-order valence-corrected chi connectivity index (χ4v) is 2.27. The Labute approximate surface area is 107 Å². The molecule has 0 aromatic rings. The van der Waals surface area contributed by atoms with Gasteiger partial charge in [0.1, 0.15) is 0 Å². The zero-order valence-electron chi connectivity index (χ0n) is 12.3. The quantitative estimate of drug-likeness (QED) is 0.693. The maximum atomic E-state index is 5.95. The first kappa shape index (κ1) is 14.9. The topological polar surface area (TPSA) is 24.5 Å². The summed E-state index contributed by atoms with van der Waals surface area (Å²) in [6, 6.07) is 0.679. The zero-order valence-corrected chi connectivity index (χ0v) is 12.3. The van der Waals surface area contributed by atoms with Crippen LogP contribution in [0.25, 0.3) is 0 Å². The van der Waals surface area contributed by atoms with Gasteiger partial charge in [0, 0.05) is 25.7 Å². The third-order valence-electron chi connectivity index (χ3n) is 3.91.